The highest BCUT2D eigenvalue weighted by Crippen LogP contribution is 2.35. The van der Waals surface area contributed by atoms with Gasteiger partial charge >= 0.3 is 11.9 Å². The van der Waals surface area contributed by atoms with Crippen molar-refractivity contribution in [3.05, 3.63) is 48.0 Å². The third-order valence-electron chi connectivity index (χ3n) is 4.38. The number of phenols is 1. The molecule has 0 spiro atoms. The Hall–Kier alpha value is -4.21. The average Bonchev–Trinajstić information content (AvgIpc) is 3.00. The Morgan fingerprint density at radius 2 is 1.97 bits per heavy atom. The average molecular weight is 424 g/mol. The maximum absolute atomic E-state index is 12.5. The molecule has 0 aromatic heterocycles. The summed E-state index contributed by atoms with van der Waals surface area (Å²) in [5.41, 5.74) is 4.11. The molecule has 0 bridgehead atoms. The van der Waals surface area contributed by atoms with Crippen molar-refractivity contribution in [2.45, 2.75) is 13.8 Å². The van der Waals surface area contributed by atoms with Gasteiger partial charge in [0.05, 0.1) is 23.6 Å². The summed E-state index contributed by atoms with van der Waals surface area (Å²) in [6.07, 6.45) is 0. The lowest BCUT2D eigenvalue weighted by atomic mass is 10.0. The highest BCUT2D eigenvalue weighted by Gasteiger charge is 2.31. The predicted octanol–water partition coefficient (Wildman–Crippen LogP) is 2.31. The van der Waals surface area contributed by atoms with Crippen LogP contribution in [-0.2, 0) is 14.3 Å². The summed E-state index contributed by atoms with van der Waals surface area (Å²) >= 11 is 0. The van der Waals surface area contributed by atoms with E-state index in [1.807, 2.05) is 0 Å². The van der Waals surface area contributed by atoms with Crippen LogP contribution in [-0.4, -0.2) is 57.6 Å². The molecule has 0 aliphatic carbocycles. The lowest BCUT2D eigenvalue weighted by molar-refractivity contribution is -0.147. The predicted molar refractivity (Wildman–Crippen MR) is 113 cm³/mol. The number of para-hydroxylation sites is 1. The van der Waals surface area contributed by atoms with E-state index in [4.69, 9.17) is 4.74 Å². The number of amides is 1. The maximum Gasteiger partial charge on any atom is 0.335 e. The van der Waals surface area contributed by atoms with Gasteiger partial charge in [-0.15, -0.1) is 0 Å². The molecule has 0 fully saturated rings. The zero-order valence-electron chi connectivity index (χ0n) is 16.8. The number of carboxylic acids is 1. The van der Waals surface area contributed by atoms with Crippen LogP contribution >= 0.6 is 0 Å². The molecule has 1 heterocycles. The lowest BCUT2D eigenvalue weighted by Crippen LogP contribution is -2.33. The minimum atomic E-state index is -1.08. The number of aromatic hydroxyl groups is 1. The molecule has 0 radical (unpaired) electrons. The number of benzene rings is 2. The van der Waals surface area contributed by atoms with E-state index >= 15 is 0 Å². The van der Waals surface area contributed by atoms with Crippen LogP contribution in [0.3, 0.4) is 0 Å². The molecule has 10 nitrogen and oxygen atoms in total. The van der Waals surface area contributed by atoms with Crippen LogP contribution < -0.4 is 5.43 Å². The van der Waals surface area contributed by atoms with Crippen LogP contribution in [0.1, 0.15) is 24.2 Å². The monoisotopic (exact) mass is 424 g/mol. The van der Waals surface area contributed by atoms with Crippen molar-refractivity contribution >= 4 is 35.0 Å². The first-order valence-corrected chi connectivity index (χ1v) is 9.34. The van der Waals surface area contributed by atoms with Gasteiger partial charge in [0.1, 0.15) is 12.3 Å². The van der Waals surface area contributed by atoms with Crippen LogP contribution in [0.4, 0.5) is 5.69 Å². The molecule has 0 unspecified atom stereocenters. The van der Waals surface area contributed by atoms with E-state index in [1.54, 1.807) is 44.2 Å². The highest BCUT2D eigenvalue weighted by atomic mass is 16.5. The Morgan fingerprint density at radius 3 is 2.68 bits per heavy atom. The molecular weight excluding hydrogens is 404 g/mol. The normalized spacial score (nSPS) is 14.5. The number of anilines is 1. The Kier molecular flexibility index (Phi) is 6.29. The number of carbonyl (C=O) groups is 3. The van der Waals surface area contributed by atoms with Gasteiger partial charge in [0.15, 0.2) is 5.71 Å². The highest BCUT2D eigenvalue weighted by molar-refractivity contribution is 6.68. The SMILES string of the molecule is CCOC(=O)CN1N=C(C)C(=NNc2cccc(-c3cccc(C(=O)O)c3)c2O)C1=O. The van der Waals surface area contributed by atoms with E-state index in [9.17, 15) is 24.6 Å². The number of carbonyl (C=O) groups excluding carboxylic acids is 2. The summed E-state index contributed by atoms with van der Waals surface area (Å²) in [7, 11) is 0. The summed E-state index contributed by atoms with van der Waals surface area (Å²) in [5, 5.41) is 28.8. The minimum absolute atomic E-state index is 0.0121. The molecular formula is C21H20N4O6. The number of phenolic OH excluding ortho intramolecular Hbond substituents is 1. The number of nitrogens with zero attached hydrogens (tertiary/aromatic N) is 3. The molecule has 1 amide bonds. The number of carboxylic acid groups (broad SMARTS) is 1. The van der Waals surface area contributed by atoms with Crippen molar-refractivity contribution in [2.24, 2.45) is 10.2 Å². The van der Waals surface area contributed by atoms with E-state index in [0.29, 0.717) is 16.8 Å². The van der Waals surface area contributed by atoms with E-state index in [0.717, 1.165) is 5.01 Å². The Labute approximate surface area is 177 Å². The molecule has 10 heteroatoms. The van der Waals surface area contributed by atoms with E-state index in [2.05, 4.69) is 15.6 Å². The van der Waals surface area contributed by atoms with Gasteiger partial charge in [-0.1, -0.05) is 24.3 Å². The summed E-state index contributed by atoms with van der Waals surface area (Å²) in [6, 6.07) is 11.0. The number of hydrazone groups is 2. The largest absolute Gasteiger partial charge is 0.505 e. The Balaban J connectivity index is 1.82. The molecule has 0 atom stereocenters. The molecule has 2 aromatic rings. The molecule has 1 aliphatic heterocycles. The van der Waals surface area contributed by atoms with E-state index < -0.39 is 17.8 Å². The fourth-order valence-corrected chi connectivity index (χ4v) is 2.92. The number of nitrogens with one attached hydrogen (secondary N) is 1. The third kappa shape index (κ3) is 4.69. The zero-order chi connectivity index (χ0) is 22.5. The number of esters is 1. The summed E-state index contributed by atoms with van der Waals surface area (Å²) in [6.45, 7) is 3.09. The second-order valence-corrected chi connectivity index (χ2v) is 6.51. The van der Waals surface area contributed by atoms with Gasteiger partial charge in [-0.05, 0) is 37.6 Å². The molecule has 0 saturated carbocycles. The van der Waals surface area contributed by atoms with E-state index in [-0.39, 0.29) is 35.9 Å². The first-order chi connectivity index (χ1) is 14.8. The van der Waals surface area contributed by atoms with Crippen LogP contribution in [0.2, 0.25) is 0 Å². The molecule has 3 rings (SSSR count). The van der Waals surface area contributed by atoms with Gasteiger partial charge in [-0.2, -0.15) is 10.2 Å². The molecule has 2 aromatic carbocycles. The first kappa shape index (κ1) is 21.5. The molecule has 1 aliphatic rings. The first-order valence-electron chi connectivity index (χ1n) is 9.34. The second-order valence-electron chi connectivity index (χ2n) is 6.51. The van der Waals surface area contributed by atoms with Gasteiger partial charge in [-0.25, -0.2) is 9.80 Å². The zero-order valence-corrected chi connectivity index (χ0v) is 16.8. The van der Waals surface area contributed by atoms with Crippen molar-refractivity contribution in [3.8, 4) is 16.9 Å². The van der Waals surface area contributed by atoms with Gasteiger partial charge in [0.2, 0.25) is 0 Å². The maximum atomic E-state index is 12.5. The lowest BCUT2D eigenvalue weighted by Gasteiger charge is -2.11. The summed E-state index contributed by atoms with van der Waals surface area (Å²) < 4.78 is 4.82. The second kappa shape index (κ2) is 9.08. The van der Waals surface area contributed by atoms with Crippen LogP contribution in [0.15, 0.2) is 52.7 Å². The smallest absolute Gasteiger partial charge is 0.335 e. The standard InChI is InChI=1S/C21H20N4O6/c1-3-31-17(26)11-25-20(28)18(12(2)24-25)23-22-16-9-5-8-15(19(16)27)13-6-4-7-14(10-13)21(29)30/h4-10,22,27H,3,11H2,1-2H3,(H,29,30). The van der Waals surface area contributed by atoms with Gasteiger partial charge in [0.25, 0.3) is 5.91 Å². The van der Waals surface area contributed by atoms with Crippen molar-refractivity contribution in [1.29, 1.82) is 0 Å². The number of rotatable bonds is 7. The summed E-state index contributed by atoms with van der Waals surface area (Å²) in [4.78, 5) is 35.3. The van der Waals surface area contributed by atoms with Crippen molar-refractivity contribution in [2.75, 3.05) is 18.6 Å². The fraction of sp³-hybridized carbons (Fsp3) is 0.190. The molecule has 31 heavy (non-hydrogen) atoms. The third-order valence-corrected chi connectivity index (χ3v) is 4.38. The fourth-order valence-electron chi connectivity index (χ4n) is 2.92. The molecule has 3 N–H and O–H groups in total. The van der Waals surface area contributed by atoms with Crippen molar-refractivity contribution < 1.29 is 29.3 Å². The molecule has 160 valence electrons. The Morgan fingerprint density at radius 1 is 1.23 bits per heavy atom. The summed E-state index contributed by atoms with van der Waals surface area (Å²) in [5.74, 6) is -2.42. The number of hydrogen-bond acceptors (Lipinski definition) is 8. The number of aromatic carboxylic acids is 1. The van der Waals surface area contributed by atoms with Crippen LogP contribution in [0, 0.1) is 0 Å². The van der Waals surface area contributed by atoms with Crippen LogP contribution in [0.25, 0.3) is 11.1 Å². The van der Waals surface area contributed by atoms with Crippen molar-refractivity contribution in [1.82, 2.24) is 5.01 Å². The number of ether oxygens (including phenoxy) is 1. The van der Waals surface area contributed by atoms with E-state index in [1.165, 1.54) is 12.1 Å². The topological polar surface area (TPSA) is 141 Å². The van der Waals surface area contributed by atoms with Gasteiger partial charge < -0.3 is 14.9 Å². The quantitative estimate of drug-likeness (QED) is 0.352. The van der Waals surface area contributed by atoms with Gasteiger partial charge in [-0.3, -0.25) is 15.0 Å². The number of hydrogen-bond donors (Lipinski definition) is 3. The van der Waals surface area contributed by atoms with Gasteiger partial charge in [0, 0.05) is 5.56 Å². The van der Waals surface area contributed by atoms with Crippen LogP contribution in [0.5, 0.6) is 5.75 Å². The molecule has 0 saturated heterocycles. The Bertz CT molecular complexity index is 1110. The minimum Gasteiger partial charge on any atom is -0.505 e. The van der Waals surface area contributed by atoms with Crippen molar-refractivity contribution in [3.63, 3.8) is 0 Å².